The van der Waals surface area contributed by atoms with Gasteiger partial charge in [-0.05, 0) is 12.0 Å². The first-order chi connectivity index (χ1) is 23.5. The Morgan fingerprint density at radius 3 is 2.04 bits per heavy atom. The number of hydrogen-bond donors (Lipinski definition) is 2. The quantitative estimate of drug-likeness (QED) is 0.0517. The van der Waals surface area contributed by atoms with Crippen LogP contribution in [0, 0.1) is 0 Å². The topological polar surface area (TPSA) is 144 Å². The number of nitrogens with zero attached hydrogens (tertiary/aromatic N) is 4. The monoisotopic (exact) mass is 689 g/mol. The van der Waals surface area contributed by atoms with Crippen LogP contribution in [-0.4, -0.2) is 63.5 Å². The van der Waals surface area contributed by atoms with Crippen LogP contribution in [0.3, 0.4) is 0 Å². The fourth-order valence-electron chi connectivity index (χ4n) is 5.56. The van der Waals surface area contributed by atoms with E-state index in [-0.39, 0.29) is 38.5 Å². The van der Waals surface area contributed by atoms with Gasteiger partial charge in [-0.3, -0.25) is 4.57 Å². The number of unbranched alkanes of at least 4 members (excludes halogenated alkanes) is 15. The number of aliphatic hydroxyl groups excluding tert-OH is 1. The molecule has 2 heterocycles. The average molecular weight is 690 g/mol. The first-order valence-electron chi connectivity index (χ1n) is 18.2. The van der Waals surface area contributed by atoms with Crippen LogP contribution in [0.1, 0.15) is 115 Å². The van der Waals surface area contributed by atoms with E-state index in [0.717, 1.165) is 18.4 Å². The highest BCUT2D eigenvalue weighted by Gasteiger charge is 2.28. The number of ether oxygens (including phenoxy) is 2. The number of aliphatic hydroxyl groups is 1. The number of benzene rings is 1. The van der Waals surface area contributed by atoms with Crippen LogP contribution in [-0.2, 0) is 36.2 Å². The molecule has 0 saturated carbocycles. The number of imidazole rings is 1. The Morgan fingerprint density at radius 1 is 0.792 bits per heavy atom. The van der Waals surface area contributed by atoms with Crippen molar-refractivity contribution in [3.8, 4) is 0 Å². The maximum absolute atomic E-state index is 13.7. The number of nitrogens with two attached hydrogens (primary N) is 1. The molecule has 2 aromatic heterocycles. The second-order valence-electron chi connectivity index (χ2n) is 12.5. The molecule has 0 aliphatic rings. The van der Waals surface area contributed by atoms with Crippen molar-refractivity contribution in [3.63, 3.8) is 0 Å². The lowest BCUT2D eigenvalue weighted by Gasteiger charge is -2.22. The lowest BCUT2D eigenvalue weighted by molar-refractivity contribution is 0.0124. The van der Waals surface area contributed by atoms with E-state index in [9.17, 15) is 9.67 Å². The van der Waals surface area contributed by atoms with E-state index < -0.39 is 13.7 Å². The standard InChI is InChI=1S/C36H60N5O6P/c1-2-3-4-5-6-7-8-9-10-11-12-13-14-15-16-20-23-44-24-25-46-48(43,47-28-32-21-18-17-19-22-32)31-45-33(27-42)26-41-30-40-34-35(37)38-29-39-36(34)41/h17-19,21-22,29-30,33,42H,2-16,20,23-28,31H2,1H3,(H2,37,38,39)/t33?,48-/m0/s1. The molecular formula is C36H60N5O6P. The van der Waals surface area contributed by atoms with Crippen LogP contribution in [0.2, 0.25) is 0 Å². The first kappa shape index (κ1) is 40.0. The fourth-order valence-corrected chi connectivity index (χ4v) is 6.88. The summed E-state index contributed by atoms with van der Waals surface area (Å²) in [6, 6.07) is 9.47. The average Bonchev–Trinajstić information content (AvgIpc) is 3.52. The number of nitrogen functional groups attached to an aromatic ring is 1. The van der Waals surface area contributed by atoms with E-state index in [4.69, 9.17) is 24.3 Å². The van der Waals surface area contributed by atoms with Gasteiger partial charge in [-0.1, -0.05) is 134 Å². The van der Waals surface area contributed by atoms with Crippen molar-refractivity contribution in [1.82, 2.24) is 19.5 Å². The summed E-state index contributed by atoms with van der Waals surface area (Å²) in [5, 5.41) is 10.00. The van der Waals surface area contributed by atoms with Crippen LogP contribution in [0.5, 0.6) is 0 Å². The highest BCUT2D eigenvalue weighted by molar-refractivity contribution is 7.53. The Balaban J connectivity index is 1.27. The van der Waals surface area contributed by atoms with Gasteiger partial charge in [-0.25, -0.2) is 15.0 Å². The third-order valence-corrected chi connectivity index (χ3v) is 9.99. The predicted octanol–water partition coefficient (Wildman–Crippen LogP) is 8.45. The van der Waals surface area contributed by atoms with Crippen LogP contribution in [0.25, 0.3) is 11.2 Å². The summed E-state index contributed by atoms with van der Waals surface area (Å²) < 4.78 is 38.6. The van der Waals surface area contributed by atoms with Gasteiger partial charge in [0.05, 0.1) is 45.4 Å². The summed E-state index contributed by atoms with van der Waals surface area (Å²) in [7, 11) is -3.68. The number of fused-ring (bicyclic) bond motifs is 1. The number of rotatable bonds is 30. The van der Waals surface area contributed by atoms with Gasteiger partial charge in [0.25, 0.3) is 0 Å². The summed E-state index contributed by atoms with van der Waals surface area (Å²) in [6.07, 6.45) is 23.2. The normalized spacial score (nSPS) is 13.6. The lowest BCUT2D eigenvalue weighted by Crippen LogP contribution is -2.25. The van der Waals surface area contributed by atoms with E-state index in [1.807, 2.05) is 30.3 Å². The molecule has 3 N–H and O–H groups in total. The largest absolute Gasteiger partial charge is 0.394 e. The fraction of sp³-hybridized carbons (Fsp3) is 0.694. The molecule has 0 bridgehead atoms. The van der Waals surface area contributed by atoms with E-state index in [2.05, 4.69) is 21.9 Å². The molecule has 0 spiro atoms. The van der Waals surface area contributed by atoms with Gasteiger partial charge in [0.2, 0.25) is 0 Å². The summed E-state index contributed by atoms with van der Waals surface area (Å²) in [5.41, 5.74) is 7.73. The summed E-state index contributed by atoms with van der Waals surface area (Å²) in [5.74, 6) is 0.268. The smallest absolute Gasteiger partial charge is 0.356 e. The van der Waals surface area contributed by atoms with Crippen LogP contribution in [0.15, 0.2) is 43.0 Å². The van der Waals surface area contributed by atoms with Gasteiger partial charge in [0.15, 0.2) is 11.5 Å². The second kappa shape index (κ2) is 24.7. The van der Waals surface area contributed by atoms with E-state index in [0.29, 0.717) is 24.4 Å². The molecule has 2 atom stereocenters. The van der Waals surface area contributed by atoms with Gasteiger partial charge < -0.3 is 33.9 Å². The molecule has 3 rings (SSSR count). The SMILES string of the molecule is CCCCCCCCCCCCCCCCCCOCCO[P@@](=O)(COC(CO)Cn1cnc2c(N)ncnc21)OCc1ccccc1. The molecular weight excluding hydrogens is 629 g/mol. The van der Waals surface area contributed by atoms with Gasteiger partial charge in [-0.2, -0.15) is 0 Å². The molecule has 0 radical (unpaired) electrons. The van der Waals surface area contributed by atoms with Crippen LogP contribution in [0.4, 0.5) is 5.82 Å². The zero-order valence-corrected chi connectivity index (χ0v) is 30.1. The van der Waals surface area contributed by atoms with Crippen LogP contribution >= 0.6 is 7.60 Å². The van der Waals surface area contributed by atoms with Crippen molar-refractivity contribution in [2.24, 2.45) is 0 Å². The molecule has 0 fully saturated rings. The summed E-state index contributed by atoms with van der Waals surface area (Å²) in [4.78, 5) is 12.4. The molecule has 0 saturated heterocycles. The van der Waals surface area contributed by atoms with Crippen molar-refractivity contribution < 1.29 is 28.2 Å². The number of aromatic nitrogens is 4. The van der Waals surface area contributed by atoms with Crippen molar-refractivity contribution in [2.75, 3.05) is 38.5 Å². The molecule has 0 aliphatic heterocycles. The Bertz CT molecular complexity index is 1280. The molecule has 1 unspecified atom stereocenters. The molecule has 0 amide bonds. The van der Waals surface area contributed by atoms with E-state index in [1.165, 1.54) is 96.2 Å². The molecule has 3 aromatic rings. The minimum Gasteiger partial charge on any atom is -0.394 e. The highest BCUT2D eigenvalue weighted by Crippen LogP contribution is 2.49. The van der Waals surface area contributed by atoms with Crippen LogP contribution < -0.4 is 5.73 Å². The van der Waals surface area contributed by atoms with Crippen molar-refractivity contribution in [3.05, 3.63) is 48.5 Å². The molecule has 12 heteroatoms. The van der Waals surface area contributed by atoms with E-state index in [1.54, 1.807) is 10.9 Å². The molecule has 48 heavy (non-hydrogen) atoms. The minimum absolute atomic E-state index is 0.105. The highest BCUT2D eigenvalue weighted by atomic mass is 31.2. The third kappa shape index (κ3) is 16.3. The number of anilines is 1. The Kier molecular flexibility index (Phi) is 20.6. The van der Waals surface area contributed by atoms with Gasteiger partial charge >= 0.3 is 7.60 Å². The van der Waals surface area contributed by atoms with Gasteiger partial charge in [-0.15, -0.1) is 0 Å². The summed E-state index contributed by atoms with van der Waals surface area (Å²) in [6.45, 7) is 3.34. The molecule has 1 aromatic carbocycles. The Labute approximate surface area is 287 Å². The predicted molar refractivity (Wildman–Crippen MR) is 192 cm³/mol. The zero-order valence-electron chi connectivity index (χ0n) is 29.2. The van der Waals surface area contributed by atoms with Crippen molar-refractivity contribution in [2.45, 2.75) is 129 Å². The maximum Gasteiger partial charge on any atom is 0.356 e. The first-order valence-corrected chi connectivity index (χ1v) is 19.9. The van der Waals surface area contributed by atoms with Crippen molar-refractivity contribution in [1.29, 1.82) is 0 Å². The Morgan fingerprint density at radius 2 is 1.42 bits per heavy atom. The molecule has 270 valence electrons. The van der Waals surface area contributed by atoms with Gasteiger partial charge in [0.1, 0.15) is 18.2 Å². The second-order valence-corrected chi connectivity index (χ2v) is 14.5. The van der Waals surface area contributed by atoms with Gasteiger partial charge in [0, 0.05) is 6.61 Å². The Hall–Kier alpha value is -2.40. The molecule has 11 nitrogen and oxygen atoms in total. The minimum atomic E-state index is -3.68. The number of hydrogen-bond acceptors (Lipinski definition) is 10. The maximum atomic E-state index is 13.7. The van der Waals surface area contributed by atoms with E-state index >= 15 is 0 Å². The van der Waals surface area contributed by atoms with Crippen molar-refractivity contribution >= 4 is 24.6 Å². The zero-order chi connectivity index (χ0) is 34.1. The summed E-state index contributed by atoms with van der Waals surface area (Å²) >= 11 is 0. The molecule has 0 aliphatic carbocycles. The lowest BCUT2D eigenvalue weighted by atomic mass is 10.0. The third-order valence-electron chi connectivity index (χ3n) is 8.43.